The van der Waals surface area contributed by atoms with Gasteiger partial charge in [0.1, 0.15) is 11.6 Å². The van der Waals surface area contributed by atoms with Gasteiger partial charge in [0.25, 0.3) is 5.69 Å². The molecule has 0 spiro atoms. The third-order valence-corrected chi connectivity index (χ3v) is 3.76. The number of non-ortho nitro benzene ring substituents is 1. The number of nitrogen functional groups attached to an aromatic ring is 1. The van der Waals surface area contributed by atoms with Crippen LogP contribution in [0, 0.1) is 15.5 Å². The van der Waals surface area contributed by atoms with Crippen LogP contribution in [-0.4, -0.2) is 10.8 Å². The molecular formula is C13H9Br2N3O3. The normalized spacial score (nSPS) is 10.2. The van der Waals surface area contributed by atoms with E-state index >= 15 is 0 Å². The number of nitrogens with one attached hydrogen (secondary N) is 1. The Hall–Kier alpha value is -1.93. The molecule has 0 unspecified atom stereocenters. The molecule has 0 radical (unpaired) electrons. The van der Waals surface area contributed by atoms with Gasteiger partial charge in [0.15, 0.2) is 5.75 Å². The number of rotatable bonds is 4. The van der Waals surface area contributed by atoms with E-state index in [1.807, 2.05) is 0 Å². The van der Waals surface area contributed by atoms with Gasteiger partial charge in [-0.2, -0.15) is 0 Å². The lowest BCUT2D eigenvalue weighted by molar-refractivity contribution is -0.385. The Morgan fingerprint density at radius 1 is 1.19 bits per heavy atom. The van der Waals surface area contributed by atoms with Gasteiger partial charge in [-0.25, -0.2) is 0 Å². The molecule has 0 saturated carbocycles. The third-order valence-electron chi connectivity index (χ3n) is 2.58. The number of hydrogen-bond donors (Lipinski definition) is 2. The van der Waals surface area contributed by atoms with Gasteiger partial charge in [-0.15, -0.1) is 0 Å². The zero-order valence-corrected chi connectivity index (χ0v) is 13.6. The first kappa shape index (κ1) is 15.5. The molecule has 108 valence electrons. The zero-order valence-electron chi connectivity index (χ0n) is 10.5. The van der Waals surface area contributed by atoms with E-state index in [2.05, 4.69) is 31.9 Å². The third kappa shape index (κ3) is 3.59. The number of nitrogens with zero attached hydrogens (tertiary/aromatic N) is 1. The second-order valence-corrected chi connectivity index (χ2v) is 5.74. The van der Waals surface area contributed by atoms with E-state index in [1.165, 1.54) is 12.1 Å². The van der Waals surface area contributed by atoms with Crippen molar-refractivity contribution in [3.05, 3.63) is 61.0 Å². The molecule has 0 atom stereocenters. The Bertz CT molecular complexity index is 694. The molecule has 2 rings (SSSR count). The summed E-state index contributed by atoms with van der Waals surface area (Å²) in [7, 11) is 0. The molecule has 0 aliphatic heterocycles. The van der Waals surface area contributed by atoms with Crippen LogP contribution in [0.15, 0.2) is 45.3 Å². The molecular weight excluding hydrogens is 406 g/mol. The van der Waals surface area contributed by atoms with Crippen molar-refractivity contribution >= 4 is 43.4 Å². The van der Waals surface area contributed by atoms with E-state index in [0.717, 1.165) is 0 Å². The molecule has 0 amide bonds. The van der Waals surface area contributed by atoms with Crippen LogP contribution in [0.5, 0.6) is 11.5 Å². The fourth-order valence-electron chi connectivity index (χ4n) is 1.57. The van der Waals surface area contributed by atoms with Crippen molar-refractivity contribution in [2.45, 2.75) is 0 Å². The van der Waals surface area contributed by atoms with Crippen LogP contribution >= 0.6 is 31.9 Å². The van der Waals surface area contributed by atoms with E-state index in [4.69, 9.17) is 15.9 Å². The molecule has 6 nitrogen and oxygen atoms in total. The summed E-state index contributed by atoms with van der Waals surface area (Å²) in [6.07, 6.45) is 0. The number of benzene rings is 2. The zero-order chi connectivity index (χ0) is 15.6. The van der Waals surface area contributed by atoms with Gasteiger partial charge >= 0.3 is 0 Å². The van der Waals surface area contributed by atoms with E-state index < -0.39 is 4.92 Å². The number of nitrogens with two attached hydrogens (primary N) is 1. The molecule has 0 heterocycles. The molecule has 0 aliphatic carbocycles. The number of amidine groups is 1. The molecule has 2 aromatic rings. The van der Waals surface area contributed by atoms with Crippen molar-refractivity contribution in [2.24, 2.45) is 5.73 Å². The number of nitro benzene ring substituents is 1. The second-order valence-electron chi connectivity index (χ2n) is 4.04. The molecule has 0 aromatic heterocycles. The van der Waals surface area contributed by atoms with Gasteiger partial charge in [-0.1, -0.05) is 0 Å². The Morgan fingerprint density at radius 3 is 2.14 bits per heavy atom. The highest BCUT2D eigenvalue weighted by Crippen LogP contribution is 2.39. The number of halogens is 2. The Balaban J connectivity index is 2.31. The molecule has 0 fully saturated rings. The quantitative estimate of drug-likeness (QED) is 0.338. The van der Waals surface area contributed by atoms with Crippen LogP contribution in [0.25, 0.3) is 0 Å². The largest absolute Gasteiger partial charge is 0.455 e. The van der Waals surface area contributed by atoms with Crippen LogP contribution in [0.2, 0.25) is 0 Å². The molecule has 0 saturated heterocycles. The minimum absolute atomic E-state index is 0.0285. The Morgan fingerprint density at radius 2 is 1.71 bits per heavy atom. The SMILES string of the molecule is N=C(N)c1ccc(Oc2c(Br)cc([N+](=O)[O-])cc2Br)cc1. The van der Waals surface area contributed by atoms with Crippen LogP contribution in [-0.2, 0) is 0 Å². The van der Waals surface area contributed by atoms with E-state index in [-0.39, 0.29) is 11.5 Å². The summed E-state index contributed by atoms with van der Waals surface area (Å²) in [5.41, 5.74) is 5.91. The topological polar surface area (TPSA) is 102 Å². The monoisotopic (exact) mass is 413 g/mol. The predicted molar refractivity (Wildman–Crippen MR) is 86.0 cm³/mol. The minimum Gasteiger partial charge on any atom is -0.455 e. The summed E-state index contributed by atoms with van der Waals surface area (Å²) in [6.45, 7) is 0. The summed E-state index contributed by atoms with van der Waals surface area (Å²) in [5.74, 6) is 0.922. The fraction of sp³-hybridized carbons (Fsp3) is 0. The Labute approximate surface area is 136 Å². The van der Waals surface area contributed by atoms with Gasteiger partial charge in [0, 0.05) is 17.7 Å². The standard InChI is InChI=1S/C13H9Br2N3O3/c14-10-5-8(18(19)20)6-11(15)12(10)21-9-3-1-7(2-4-9)13(16)17/h1-6H,(H3,16,17). The average molecular weight is 415 g/mol. The summed E-state index contributed by atoms with van der Waals surface area (Å²) in [4.78, 5) is 10.3. The van der Waals surface area contributed by atoms with Gasteiger partial charge in [0.2, 0.25) is 0 Å². The maximum atomic E-state index is 10.8. The molecule has 2 aromatic carbocycles. The van der Waals surface area contributed by atoms with Crippen molar-refractivity contribution in [2.75, 3.05) is 0 Å². The number of ether oxygens (including phenoxy) is 1. The lowest BCUT2D eigenvalue weighted by atomic mass is 10.2. The highest BCUT2D eigenvalue weighted by Gasteiger charge is 2.15. The predicted octanol–water partition coefficient (Wildman–Crippen LogP) is 4.20. The first-order valence-corrected chi connectivity index (χ1v) is 7.23. The lowest BCUT2D eigenvalue weighted by Gasteiger charge is -2.10. The fourth-order valence-corrected chi connectivity index (χ4v) is 2.89. The smallest absolute Gasteiger partial charge is 0.271 e. The minimum atomic E-state index is -0.485. The van der Waals surface area contributed by atoms with Gasteiger partial charge in [-0.3, -0.25) is 15.5 Å². The maximum Gasteiger partial charge on any atom is 0.271 e. The van der Waals surface area contributed by atoms with Gasteiger partial charge < -0.3 is 10.5 Å². The molecule has 8 heteroatoms. The van der Waals surface area contributed by atoms with Crippen molar-refractivity contribution < 1.29 is 9.66 Å². The summed E-state index contributed by atoms with van der Waals surface area (Å²) < 4.78 is 6.60. The van der Waals surface area contributed by atoms with Crippen molar-refractivity contribution in [3.63, 3.8) is 0 Å². The lowest BCUT2D eigenvalue weighted by Crippen LogP contribution is -2.10. The Kier molecular flexibility index (Phi) is 4.59. The molecule has 21 heavy (non-hydrogen) atoms. The second kappa shape index (κ2) is 6.23. The van der Waals surface area contributed by atoms with Crippen molar-refractivity contribution in [1.29, 1.82) is 5.41 Å². The van der Waals surface area contributed by atoms with Crippen molar-refractivity contribution in [3.8, 4) is 11.5 Å². The van der Waals surface area contributed by atoms with E-state index in [1.54, 1.807) is 24.3 Å². The van der Waals surface area contributed by atoms with Gasteiger partial charge in [0.05, 0.1) is 13.9 Å². The van der Waals surface area contributed by atoms with E-state index in [0.29, 0.717) is 26.0 Å². The first-order valence-electron chi connectivity index (χ1n) is 5.64. The van der Waals surface area contributed by atoms with Crippen LogP contribution in [0.1, 0.15) is 5.56 Å². The summed E-state index contributed by atoms with van der Waals surface area (Å²) >= 11 is 6.50. The summed E-state index contributed by atoms with van der Waals surface area (Å²) in [6, 6.07) is 9.37. The van der Waals surface area contributed by atoms with Crippen LogP contribution in [0.3, 0.4) is 0 Å². The molecule has 0 aliphatic rings. The van der Waals surface area contributed by atoms with Crippen LogP contribution in [0.4, 0.5) is 5.69 Å². The highest BCUT2D eigenvalue weighted by atomic mass is 79.9. The molecule has 0 bridgehead atoms. The van der Waals surface area contributed by atoms with Gasteiger partial charge in [-0.05, 0) is 56.1 Å². The summed E-state index contributed by atoms with van der Waals surface area (Å²) in [5, 5.41) is 18.1. The van der Waals surface area contributed by atoms with Crippen molar-refractivity contribution in [1.82, 2.24) is 0 Å². The average Bonchev–Trinajstić information content (AvgIpc) is 2.43. The highest BCUT2D eigenvalue weighted by molar-refractivity contribution is 9.11. The number of hydrogen-bond acceptors (Lipinski definition) is 4. The van der Waals surface area contributed by atoms with Crippen LogP contribution < -0.4 is 10.5 Å². The van der Waals surface area contributed by atoms with E-state index in [9.17, 15) is 10.1 Å². The number of nitro groups is 1. The maximum absolute atomic E-state index is 10.8. The molecule has 3 N–H and O–H groups in total. The first-order chi connectivity index (χ1) is 9.88.